The lowest BCUT2D eigenvalue weighted by Crippen LogP contribution is -2.48. The van der Waals surface area contributed by atoms with Gasteiger partial charge in [0.05, 0.1) is 0 Å². The highest BCUT2D eigenvalue weighted by Crippen LogP contribution is 2.23. The summed E-state index contributed by atoms with van der Waals surface area (Å²) in [7, 11) is 3.07. The van der Waals surface area contributed by atoms with Gasteiger partial charge in [-0.05, 0) is 17.9 Å². The van der Waals surface area contributed by atoms with Crippen LogP contribution >= 0.6 is 0 Å². The van der Waals surface area contributed by atoms with Crippen molar-refractivity contribution in [2.75, 3.05) is 14.1 Å². The second-order valence-electron chi connectivity index (χ2n) is 6.12. The molecule has 1 aromatic rings. The van der Waals surface area contributed by atoms with E-state index in [0.29, 0.717) is 6.42 Å². The fraction of sp³-hybridized carbons (Fsp3) is 0.471. The zero-order chi connectivity index (χ0) is 16.4. The molecule has 0 radical (unpaired) electrons. The maximum absolute atomic E-state index is 12.7. The Morgan fingerprint density at radius 2 is 1.55 bits per heavy atom. The van der Waals surface area contributed by atoms with Gasteiger partial charge in [-0.25, -0.2) is 0 Å². The van der Waals surface area contributed by atoms with Crippen LogP contribution in [0.4, 0.5) is 0 Å². The molecule has 0 N–H and O–H groups in total. The van der Waals surface area contributed by atoms with E-state index in [-0.39, 0.29) is 17.7 Å². The number of carbonyl (C=O) groups excluding carboxylic acids is 3. The Hall–Kier alpha value is -2.17. The molecular formula is C17H22N2O3. The quantitative estimate of drug-likeness (QED) is 0.625. The van der Waals surface area contributed by atoms with Crippen LogP contribution in [0.15, 0.2) is 30.3 Å². The van der Waals surface area contributed by atoms with Gasteiger partial charge < -0.3 is 4.90 Å². The minimum atomic E-state index is -0.843. The summed E-state index contributed by atoms with van der Waals surface area (Å²) >= 11 is 0. The first-order valence-electron chi connectivity index (χ1n) is 7.46. The van der Waals surface area contributed by atoms with E-state index in [2.05, 4.69) is 0 Å². The third-order valence-corrected chi connectivity index (χ3v) is 4.19. The van der Waals surface area contributed by atoms with E-state index in [9.17, 15) is 14.4 Å². The maximum atomic E-state index is 12.7. The van der Waals surface area contributed by atoms with Gasteiger partial charge in [0.15, 0.2) is 0 Å². The van der Waals surface area contributed by atoms with Crippen molar-refractivity contribution in [2.45, 2.75) is 26.3 Å². The van der Waals surface area contributed by atoms with Gasteiger partial charge in [0.1, 0.15) is 12.0 Å². The van der Waals surface area contributed by atoms with E-state index < -0.39 is 17.9 Å². The first kappa shape index (κ1) is 16.2. The number of amides is 3. The van der Waals surface area contributed by atoms with Gasteiger partial charge in [-0.3, -0.25) is 19.3 Å². The van der Waals surface area contributed by atoms with E-state index in [0.717, 1.165) is 10.5 Å². The lowest BCUT2D eigenvalue weighted by Gasteiger charge is -2.29. The highest BCUT2D eigenvalue weighted by molar-refractivity contribution is 6.11. The normalized spacial score (nSPS) is 23.2. The van der Waals surface area contributed by atoms with E-state index in [4.69, 9.17) is 0 Å². The minimum absolute atomic E-state index is 0.0489. The molecule has 0 unspecified atom stereocenters. The van der Waals surface area contributed by atoms with Crippen LogP contribution in [0.25, 0.3) is 0 Å². The smallest absolute Gasteiger partial charge is 0.251 e. The van der Waals surface area contributed by atoms with Crippen molar-refractivity contribution >= 4 is 17.7 Å². The summed E-state index contributed by atoms with van der Waals surface area (Å²) in [5.74, 6) is -1.91. The third-order valence-electron chi connectivity index (χ3n) is 4.19. The van der Waals surface area contributed by atoms with Crippen LogP contribution < -0.4 is 0 Å². The topological polar surface area (TPSA) is 57.7 Å². The molecule has 5 heteroatoms. The molecule has 2 atom stereocenters. The Morgan fingerprint density at radius 3 is 2.09 bits per heavy atom. The lowest BCUT2D eigenvalue weighted by atomic mass is 9.96. The van der Waals surface area contributed by atoms with Crippen molar-refractivity contribution in [3.05, 3.63) is 35.9 Å². The molecule has 1 aromatic carbocycles. The van der Waals surface area contributed by atoms with Crippen LogP contribution in [0.5, 0.6) is 0 Å². The van der Waals surface area contributed by atoms with Crippen molar-refractivity contribution < 1.29 is 14.4 Å². The van der Waals surface area contributed by atoms with Crippen molar-refractivity contribution in [3.8, 4) is 0 Å². The first-order valence-corrected chi connectivity index (χ1v) is 7.46. The fourth-order valence-electron chi connectivity index (χ4n) is 2.95. The molecule has 1 fully saturated rings. The predicted octanol–water partition coefficient (Wildman–Crippen LogP) is 1.33. The van der Waals surface area contributed by atoms with E-state index in [1.54, 1.807) is 7.05 Å². The number of carbonyl (C=O) groups is 3. The lowest BCUT2D eigenvalue weighted by molar-refractivity contribution is -0.146. The molecule has 0 spiro atoms. The van der Waals surface area contributed by atoms with E-state index in [1.165, 1.54) is 11.9 Å². The molecule has 1 aliphatic rings. The highest BCUT2D eigenvalue weighted by atomic mass is 16.2. The minimum Gasteiger partial charge on any atom is -0.333 e. The summed E-state index contributed by atoms with van der Waals surface area (Å²) in [6.07, 6.45) is 0.311. The molecule has 0 bridgehead atoms. The van der Waals surface area contributed by atoms with Gasteiger partial charge in [0.25, 0.3) is 5.91 Å². The third kappa shape index (κ3) is 2.89. The van der Waals surface area contributed by atoms with Crippen molar-refractivity contribution in [3.63, 3.8) is 0 Å². The van der Waals surface area contributed by atoms with Crippen LogP contribution in [-0.2, 0) is 20.8 Å². The zero-order valence-corrected chi connectivity index (χ0v) is 13.4. The number of imide groups is 1. The monoisotopic (exact) mass is 302 g/mol. The molecule has 0 saturated carbocycles. The number of likely N-dealkylation sites (N-methyl/N-ethyl adjacent to an activating group) is 2. The van der Waals surface area contributed by atoms with Crippen molar-refractivity contribution in [2.24, 2.45) is 11.8 Å². The van der Waals surface area contributed by atoms with Gasteiger partial charge >= 0.3 is 0 Å². The van der Waals surface area contributed by atoms with Crippen molar-refractivity contribution in [1.29, 1.82) is 0 Å². The van der Waals surface area contributed by atoms with Crippen LogP contribution in [0.2, 0.25) is 0 Å². The van der Waals surface area contributed by atoms with E-state index >= 15 is 0 Å². The Kier molecular flexibility index (Phi) is 4.64. The molecule has 118 valence electrons. The van der Waals surface area contributed by atoms with Crippen molar-refractivity contribution in [1.82, 2.24) is 9.80 Å². The number of rotatable bonds is 3. The maximum Gasteiger partial charge on any atom is 0.251 e. The summed E-state index contributed by atoms with van der Waals surface area (Å²) in [6, 6.07) is 8.80. The molecule has 0 aliphatic carbocycles. The number of hydrogen-bond acceptors (Lipinski definition) is 3. The number of nitrogens with zero attached hydrogens (tertiary/aromatic N) is 2. The van der Waals surface area contributed by atoms with Crippen LogP contribution in [-0.4, -0.2) is 47.7 Å². The number of hydrogen-bond donors (Lipinski definition) is 0. The number of benzene rings is 1. The molecule has 1 heterocycles. The van der Waals surface area contributed by atoms with Gasteiger partial charge in [-0.2, -0.15) is 0 Å². The molecule has 0 aromatic heterocycles. The zero-order valence-electron chi connectivity index (χ0n) is 13.4. The summed E-state index contributed by atoms with van der Waals surface area (Å²) < 4.78 is 0. The molecule has 1 aliphatic heterocycles. The average Bonchev–Trinajstić information content (AvgIpc) is 2.55. The Labute approximate surface area is 130 Å². The molecule has 22 heavy (non-hydrogen) atoms. The largest absolute Gasteiger partial charge is 0.333 e. The van der Waals surface area contributed by atoms with E-state index in [1.807, 2.05) is 44.2 Å². The first-order chi connectivity index (χ1) is 10.3. The van der Waals surface area contributed by atoms with Gasteiger partial charge in [-0.1, -0.05) is 44.2 Å². The van der Waals surface area contributed by atoms with Crippen LogP contribution in [0, 0.1) is 11.8 Å². The second-order valence-corrected chi connectivity index (χ2v) is 6.12. The van der Waals surface area contributed by atoms with Gasteiger partial charge in [-0.15, -0.1) is 0 Å². The molecule has 1 saturated heterocycles. The highest BCUT2D eigenvalue weighted by Gasteiger charge is 2.44. The molecule has 2 rings (SSSR count). The Balaban J connectivity index is 2.36. The Bertz CT molecular complexity index is 583. The van der Waals surface area contributed by atoms with Gasteiger partial charge in [0, 0.05) is 14.1 Å². The second kappa shape index (κ2) is 6.30. The standard InChI is InChI=1S/C17H22N2O3/c1-11(2)14-17(22)19(4)16(21)13(15(20)18(14)3)10-12-8-6-5-7-9-12/h5-9,11,13-14H,10H2,1-4H3/t13-,14+/m1/s1. The average molecular weight is 302 g/mol. The molecular weight excluding hydrogens is 280 g/mol. The summed E-state index contributed by atoms with van der Waals surface area (Å²) in [5.41, 5.74) is 0.909. The Morgan fingerprint density at radius 1 is 0.955 bits per heavy atom. The molecule has 3 amide bonds. The summed E-state index contributed by atoms with van der Waals surface area (Å²) in [4.78, 5) is 40.2. The SMILES string of the molecule is CC(C)[C@H]1C(=O)N(C)C(=O)[C@H](Cc2ccccc2)C(=O)N1C. The van der Waals surface area contributed by atoms with Crippen LogP contribution in [0.1, 0.15) is 19.4 Å². The van der Waals surface area contributed by atoms with Crippen LogP contribution in [0.3, 0.4) is 0 Å². The fourth-order valence-corrected chi connectivity index (χ4v) is 2.95. The predicted molar refractivity (Wildman–Crippen MR) is 82.8 cm³/mol. The molecule has 5 nitrogen and oxygen atoms in total. The van der Waals surface area contributed by atoms with Gasteiger partial charge in [0.2, 0.25) is 11.8 Å². The summed E-state index contributed by atoms with van der Waals surface area (Å²) in [6.45, 7) is 3.75. The summed E-state index contributed by atoms with van der Waals surface area (Å²) in [5, 5.41) is 0.